The third-order valence-corrected chi connectivity index (χ3v) is 7.04. The highest BCUT2D eigenvalue weighted by atomic mass is 16.5. The first-order valence-corrected chi connectivity index (χ1v) is 13.7. The normalized spacial score (nSPS) is 18.0. The van der Waals surface area contributed by atoms with Crippen LogP contribution >= 0.6 is 0 Å². The molecule has 2 aromatic carbocycles. The smallest absolute Gasteiger partial charge is 0.225 e. The fourth-order valence-electron chi connectivity index (χ4n) is 4.43. The van der Waals surface area contributed by atoms with E-state index in [9.17, 15) is 0 Å². The molecule has 3 N–H and O–H groups in total. The van der Waals surface area contributed by atoms with Crippen LogP contribution in [0.2, 0.25) is 0 Å². The van der Waals surface area contributed by atoms with E-state index in [2.05, 4.69) is 56.7 Å². The molecule has 0 radical (unpaired) electrons. The van der Waals surface area contributed by atoms with Crippen molar-refractivity contribution in [3.05, 3.63) is 59.5 Å². The summed E-state index contributed by atoms with van der Waals surface area (Å²) >= 11 is 0. The first-order valence-electron chi connectivity index (χ1n) is 13.7. The fraction of sp³-hybridized carbons (Fsp3) is 0.400. The van der Waals surface area contributed by atoms with Crippen LogP contribution in [0.15, 0.2) is 52.7 Å². The molecule has 0 bridgehead atoms. The Balaban J connectivity index is 1.28. The van der Waals surface area contributed by atoms with Gasteiger partial charge in [0.05, 0.1) is 18.0 Å². The van der Waals surface area contributed by atoms with Gasteiger partial charge >= 0.3 is 0 Å². The maximum absolute atomic E-state index is 6.24. The fourth-order valence-corrected chi connectivity index (χ4v) is 4.43. The Morgan fingerprint density at radius 2 is 1.95 bits per heavy atom. The van der Waals surface area contributed by atoms with Crippen molar-refractivity contribution in [3.8, 4) is 11.5 Å². The Morgan fingerprint density at radius 1 is 1.10 bits per heavy atom. The second-order valence-electron chi connectivity index (χ2n) is 10.2. The van der Waals surface area contributed by atoms with Crippen LogP contribution in [-0.4, -0.2) is 47.9 Å². The molecule has 2 aliphatic heterocycles. The number of ether oxygens (including phenoxy) is 2. The van der Waals surface area contributed by atoms with Crippen molar-refractivity contribution >= 4 is 35.3 Å². The lowest BCUT2D eigenvalue weighted by Crippen LogP contribution is -2.37. The summed E-state index contributed by atoms with van der Waals surface area (Å²) in [5.41, 5.74) is 5.43. The van der Waals surface area contributed by atoms with Gasteiger partial charge in [-0.25, -0.2) is 15.0 Å². The topological polar surface area (TPSA) is 105 Å². The second-order valence-corrected chi connectivity index (χ2v) is 10.2. The van der Waals surface area contributed by atoms with E-state index in [0.29, 0.717) is 11.7 Å². The number of hydrogen-bond acceptors (Lipinski definition) is 9. The second kappa shape index (κ2) is 12.4. The van der Waals surface area contributed by atoms with Gasteiger partial charge in [0.25, 0.3) is 0 Å². The van der Waals surface area contributed by atoms with Crippen molar-refractivity contribution in [1.82, 2.24) is 15.3 Å². The monoisotopic (exact) mass is 527 g/mol. The van der Waals surface area contributed by atoms with Gasteiger partial charge in [-0.2, -0.15) is 0 Å². The molecule has 9 nitrogen and oxygen atoms in total. The van der Waals surface area contributed by atoms with Crippen molar-refractivity contribution in [1.29, 1.82) is 0 Å². The van der Waals surface area contributed by atoms with Gasteiger partial charge in [0.2, 0.25) is 6.35 Å². The average molecular weight is 528 g/mol. The summed E-state index contributed by atoms with van der Waals surface area (Å²) in [6.07, 6.45) is 8.01. The summed E-state index contributed by atoms with van der Waals surface area (Å²) < 4.78 is 12.4. The summed E-state index contributed by atoms with van der Waals surface area (Å²) in [7, 11) is 0. The van der Waals surface area contributed by atoms with Gasteiger partial charge in [0.15, 0.2) is 5.82 Å². The van der Waals surface area contributed by atoms with Crippen LogP contribution in [0, 0.1) is 19.8 Å². The van der Waals surface area contributed by atoms with Gasteiger partial charge in [0, 0.05) is 18.0 Å². The first-order chi connectivity index (χ1) is 19.0. The third-order valence-electron chi connectivity index (χ3n) is 7.04. The van der Waals surface area contributed by atoms with E-state index in [1.807, 2.05) is 49.5 Å². The molecule has 0 spiro atoms. The Labute approximate surface area is 230 Å². The quantitative estimate of drug-likeness (QED) is 0.282. The molecule has 1 saturated heterocycles. The lowest BCUT2D eigenvalue weighted by atomic mass is 10.1. The number of anilines is 3. The molecule has 39 heavy (non-hydrogen) atoms. The lowest BCUT2D eigenvalue weighted by molar-refractivity contribution is -0.00828. The van der Waals surface area contributed by atoms with Crippen molar-refractivity contribution in [2.75, 3.05) is 23.7 Å². The van der Waals surface area contributed by atoms with Crippen LogP contribution in [0.4, 0.5) is 22.9 Å². The Hall–Kier alpha value is -3.82. The predicted octanol–water partition coefficient (Wildman–Crippen LogP) is 6.27. The number of hydrogen-bond donors (Lipinski definition) is 3. The minimum absolute atomic E-state index is 0.176. The number of nitrogens with zero attached hydrogens (tertiary/aromatic N) is 4. The van der Waals surface area contributed by atoms with Crippen molar-refractivity contribution in [2.24, 2.45) is 15.9 Å². The zero-order valence-electron chi connectivity index (χ0n) is 23.1. The van der Waals surface area contributed by atoms with E-state index >= 15 is 0 Å². The number of nitrogens with one attached hydrogen (secondary N) is 3. The predicted molar refractivity (Wildman–Crippen MR) is 157 cm³/mol. The molecule has 0 amide bonds. The van der Waals surface area contributed by atoms with Crippen LogP contribution in [0.25, 0.3) is 0 Å². The van der Waals surface area contributed by atoms with E-state index in [-0.39, 0.29) is 6.10 Å². The van der Waals surface area contributed by atoms with Gasteiger partial charge < -0.3 is 25.4 Å². The van der Waals surface area contributed by atoms with E-state index < -0.39 is 6.35 Å². The van der Waals surface area contributed by atoms with Crippen LogP contribution in [0.3, 0.4) is 0 Å². The Kier molecular flexibility index (Phi) is 8.48. The van der Waals surface area contributed by atoms with Crippen LogP contribution in [0.5, 0.6) is 11.5 Å². The van der Waals surface area contributed by atoms with E-state index in [0.717, 1.165) is 77.7 Å². The Morgan fingerprint density at radius 3 is 2.74 bits per heavy atom. The van der Waals surface area contributed by atoms with Crippen LogP contribution < -0.4 is 20.7 Å². The molecule has 3 aromatic rings. The molecule has 3 heterocycles. The number of benzene rings is 2. The van der Waals surface area contributed by atoms with Gasteiger partial charge in [0.1, 0.15) is 29.2 Å². The molecule has 1 aromatic heterocycles. The lowest BCUT2D eigenvalue weighted by Gasteiger charge is -2.29. The average Bonchev–Trinajstić information content (AvgIpc) is 2.95. The zero-order valence-corrected chi connectivity index (χ0v) is 23.1. The largest absolute Gasteiger partial charge is 0.457 e. The molecule has 5 rings (SSSR count). The third kappa shape index (κ3) is 6.79. The molecule has 2 aliphatic rings. The highest BCUT2D eigenvalue weighted by Crippen LogP contribution is 2.33. The molecule has 2 unspecified atom stereocenters. The minimum atomic E-state index is -0.460. The van der Waals surface area contributed by atoms with Crippen molar-refractivity contribution in [2.45, 2.75) is 59.4 Å². The number of rotatable bonds is 9. The molecule has 9 heteroatoms. The molecule has 2 atom stereocenters. The standard InChI is InChI=1S/C30H37N7O2/c1-5-19(2)16-32-25-15-24(8-6-20(25)3)38-27-9-7-22(14-21(27)4)36-29-28-26(34-18-35-29)17-33-30(37-28)39-23-10-12-31-13-11-23/h6-9,14-19,23,30-31,37H,5,10-13H2,1-4H3,(H,34,35,36). The maximum Gasteiger partial charge on any atom is 0.225 e. The maximum atomic E-state index is 6.24. The highest BCUT2D eigenvalue weighted by molar-refractivity contribution is 5.92. The minimum Gasteiger partial charge on any atom is -0.457 e. The number of aliphatic imine (C=N–C) groups is 2. The van der Waals surface area contributed by atoms with Gasteiger partial charge in [-0.3, -0.25) is 4.99 Å². The highest BCUT2D eigenvalue weighted by Gasteiger charge is 2.23. The molecule has 204 valence electrons. The molecule has 1 fully saturated rings. The zero-order chi connectivity index (χ0) is 27.2. The molecule has 0 saturated carbocycles. The number of aromatic nitrogens is 2. The Bertz CT molecular complexity index is 1350. The summed E-state index contributed by atoms with van der Waals surface area (Å²) in [5, 5.41) is 10.1. The van der Waals surface area contributed by atoms with Crippen LogP contribution in [-0.2, 0) is 4.74 Å². The summed E-state index contributed by atoms with van der Waals surface area (Å²) in [5.74, 6) is 2.65. The molecular formula is C30H37N7O2. The van der Waals surface area contributed by atoms with Crippen molar-refractivity contribution < 1.29 is 9.47 Å². The molecular weight excluding hydrogens is 490 g/mol. The first kappa shape index (κ1) is 26.8. The van der Waals surface area contributed by atoms with E-state index in [1.54, 1.807) is 6.21 Å². The summed E-state index contributed by atoms with van der Waals surface area (Å²) in [4.78, 5) is 18.0. The summed E-state index contributed by atoms with van der Waals surface area (Å²) in [6.45, 7) is 10.3. The van der Waals surface area contributed by atoms with Crippen molar-refractivity contribution in [3.63, 3.8) is 0 Å². The van der Waals surface area contributed by atoms with E-state index in [4.69, 9.17) is 9.47 Å². The molecule has 0 aliphatic carbocycles. The van der Waals surface area contributed by atoms with Gasteiger partial charge in [-0.1, -0.05) is 19.9 Å². The van der Waals surface area contributed by atoms with Gasteiger partial charge in [-0.05, 0) is 87.5 Å². The van der Waals surface area contributed by atoms with Crippen LogP contribution in [0.1, 0.15) is 49.9 Å². The SMILES string of the molecule is CCC(C)C=Nc1cc(Oc2ccc(Nc3ncnc4c3NC(OC3CCNCC3)N=C4)cc2C)ccc1C. The number of piperidine rings is 1. The van der Waals surface area contributed by atoms with E-state index in [1.165, 1.54) is 6.33 Å². The number of fused-ring (bicyclic) bond motifs is 1. The van der Waals surface area contributed by atoms with Gasteiger partial charge in [-0.15, -0.1) is 0 Å². The summed E-state index contributed by atoms with van der Waals surface area (Å²) in [6, 6.07) is 12.0. The number of aryl methyl sites for hydroxylation is 2.